The zero-order valence-electron chi connectivity index (χ0n) is 6.59. The third kappa shape index (κ3) is 3.28. The van der Waals surface area contributed by atoms with Crippen LogP contribution in [0.3, 0.4) is 0 Å². The van der Waals surface area contributed by atoms with Gasteiger partial charge in [-0.05, 0) is 28.1 Å². The predicted molar refractivity (Wildman–Crippen MR) is 56.4 cm³/mol. The fourth-order valence-corrected chi connectivity index (χ4v) is 1.03. The lowest BCUT2D eigenvalue weighted by Crippen LogP contribution is -2.17. The van der Waals surface area contributed by atoms with Crippen LogP contribution in [-0.2, 0) is 0 Å². The lowest BCUT2D eigenvalue weighted by atomic mass is 10.3. The predicted octanol–water partition coefficient (Wildman–Crippen LogP) is 2.25. The van der Waals surface area contributed by atoms with Gasteiger partial charge < -0.3 is 10.5 Å². The number of ether oxygens (including phenoxy) is 1. The van der Waals surface area contributed by atoms with Crippen molar-refractivity contribution in [2.75, 3.05) is 6.61 Å². The Morgan fingerprint density at radius 1 is 1.62 bits per heavy atom. The molecular formula is C8H7BrFNOS. The molecule has 0 aromatic heterocycles. The highest BCUT2D eigenvalue weighted by atomic mass is 79.9. The molecule has 0 aliphatic carbocycles. The van der Waals surface area contributed by atoms with Crippen LogP contribution in [0.15, 0.2) is 22.7 Å². The molecule has 13 heavy (non-hydrogen) atoms. The first-order valence-corrected chi connectivity index (χ1v) is 4.66. The normalized spacial score (nSPS) is 9.69. The molecule has 70 valence electrons. The summed E-state index contributed by atoms with van der Waals surface area (Å²) in [6.07, 6.45) is 0. The van der Waals surface area contributed by atoms with Crippen molar-refractivity contribution < 1.29 is 9.13 Å². The number of nitrogens with two attached hydrogens (primary N) is 1. The van der Waals surface area contributed by atoms with E-state index in [1.54, 1.807) is 12.1 Å². The minimum atomic E-state index is -0.375. The van der Waals surface area contributed by atoms with Crippen molar-refractivity contribution in [3.8, 4) is 5.75 Å². The van der Waals surface area contributed by atoms with Crippen molar-refractivity contribution in [1.82, 2.24) is 0 Å². The van der Waals surface area contributed by atoms with Crippen LogP contribution in [0.1, 0.15) is 0 Å². The van der Waals surface area contributed by atoms with E-state index in [4.69, 9.17) is 10.5 Å². The second kappa shape index (κ2) is 4.53. The third-order valence-corrected chi connectivity index (χ3v) is 2.03. The summed E-state index contributed by atoms with van der Waals surface area (Å²) >= 11 is 7.63. The fourth-order valence-electron chi connectivity index (χ4n) is 0.721. The molecule has 0 saturated heterocycles. The molecule has 0 radical (unpaired) electrons. The lowest BCUT2D eigenvalue weighted by molar-refractivity contribution is 0.375. The van der Waals surface area contributed by atoms with Crippen LogP contribution < -0.4 is 10.5 Å². The van der Waals surface area contributed by atoms with Gasteiger partial charge in [-0.2, -0.15) is 0 Å². The Bertz CT molecular complexity index is 332. The van der Waals surface area contributed by atoms with Gasteiger partial charge in [0.1, 0.15) is 23.2 Å². The number of rotatable bonds is 3. The number of halogens is 2. The van der Waals surface area contributed by atoms with Crippen molar-refractivity contribution in [2.45, 2.75) is 0 Å². The Kier molecular flexibility index (Phi) is 3.62. The van der Waals surface area contributed by atoms with Crippen LogP contribution in [-0.4, -0.2) is 11.6 Å². The van der Waals surface area contributed by atoms with E-state index in [9.17, 15) is 4.39 Å². The molecule has 0 aliphatic rings. The standard InChI is InChI=1S/C8H7BrFNOS/c9-6-2-1-5(3-7(6)10)12-4-8(11)13/h1-3H,4H2,(H2,11,13). The molecule has 1 aromatic carbocycles. The largest absolute Gasteiger partial charge is 0.486 e. The minimum absolute atomic E-state index is 0.121. The molecule has 0 unspecified atom stereocenters. The van der Waals surface area contributed by atoms with Gasteiger partial charge in [-0.1, -0.05) is 12.2 Å². The maximum Gasteiger partial charge on any atom is 0.141 e. The van der Waals surface area contributed by atoms with E-state index in [0.29, 0.717) is 10.2 Å². The van der Waals surface area contributed by atoms with Gasteiger partial charge in [-0.25, -0.2) is 4.39 Å². The van der Waals surface area contributed by atoms with Crippen molar-refractivity contribution in [3.05, 3.63) is 28.5 Å². The van der Waals surface area contributed by atoms with Crippen LogP contribution in [0.25, 0.3) is 0 Å². The average molecular weight is 264 g/mol. The Morgan fingerprint density at radius 2 is 2.31 bits per heavy atom. The van der Waals surface area contributed by atoms with E-state index in [1.165, 1.54) is 6.07 Å². The van der Waals surface area contributed by atoms with Gasteiger partial charge in [-0.3, -0.25) is 0 Å². The number of hydrogen-bond donors (Lipinski definition) is 1. The zero-order valence-corrected chi connectivity index (χ0v) is 8.99. The first-order chi connectivity index (χ1) is 6.09. The van der Waals surface area contributed by atoms with Crippen LogP contribution in [0, 0.1) is 5.82 Å². The maximum absolute atomic E-state index is 12.9. The lowest BCUT2D eigenvalue weighted by Gasteiger charge is -2.04. The quantitative estimate of drug-likeness (QED) is 0.850. The van der Waals surface area contributed by atoms with E-state index in [2.05, 4.69) is 28.1 Å². The topological polar surface area (TPSA) is 35.2 Å². The SMILES string of the molecule is NC(=S)COc1ccc(Br)c(F)c1. The van der Waals surface area contributed by atoms with Crippen LogP contribution in [0.2, 0.25) is 0 Å². The van der Waals surface area contributed by atoms with Crippen LogP contribution in [0.4, 0.5) is 4.39 Å². The van der Waals surface area contributed by atoms with Gasteiger partial charge in [0, 0.05) is 6.07 Å². The van der Waals surface area contributed by atoms with E-state index in [-0.39, 0.29) is 17.4 Å². The van der Waals surface area contributed by atoms with Gasteiger partial charge >= 0.3 is 0 Å². The summed E-state index contributed by atoms with van der Waals surface area (Å²) in [5.41, 5.74) is 5.21. The van der Waals surface area contributed by atoms with Gasteiger partial charge in [-0.15, -0.1) is 0 Å². The monoisotopic (exact) mass is 263 g/mol. The Labute approximate surface area is 89.0 Å². The highest BCUT2D eigenvalue weighted by Gasteiger charge is 2.01. The van der Waals surface area contributed by atoms with Crippen molar-refractivity contribution in [1.29, 1.82) is 0 Å². The van der Waals surface area contributed by atoms with Crippen LogP contribution in [0.5, 0.6) is 5.75 Å². The Hall–Kier alpha value is -0.680. The summed E-state index contributed by atoms with van der Waals surface area (Å²) in [6, 6.07) is 4.46. The maximum atomic E-state index is 12.9. The fraction of sp³-hybridized carbons (Fsp3) is 0.125. The van der Waals surface area contributed by atoms with Gasteiger partial charge in [0.15, 0.2) is 0 Å². The Morgan fingerprint density at radius 3 is 2.85 bits per heavy atom. The molecule has 0 bridgehead atoms. The highest BCUT2D eigenvalue weighted by Crippen LogP contribution is 2.20. The van der Waals surface area contributed by atoms with Gasteiger partial charge in [0.05, 0.1) is 4.47 Å². The minimum Gasteiger partial charge on any atom is -0.486 e. The van der Waals surface area contributed by atoms with Gasteiger partial charge in [0.2, 0.25) is 0 Å². The van der Waals surface area contributed by atoms with Crippen LogP contribution >= 0.6 is 28.1 Å². The average Bonchev–Trinajstić information content (AvgIpc) is 2.07. The van der Waals surface area contributed by atoms with Crippen molar-refractivity contribution in [3.63, 3.8) is 0 Å². The molecule has 0 atom stereocenters. The molecule has 2 N–H and O–H groups in total. The van der Waals surface area contributed by atoms with Gasteiger partial charge in [0.25, 0.3) is 0 Å². The summed E-state index contributed by atoms with van der Waals surface area (Å²) in [7, 11) is 0. The summed E-state index contributed by atoms with van der Waals surface area (Å²) in [5, 5.41) is 0. The molecule has 0 aliphatic heterocycles. The number of hydrogen-bond acceptors (Lipinski definition) is 2. The van der Waals surface area contributed by atoms with Crippen molar-refractivity contribution in [2.24, 2.45) is 5.73 Å². The Balaban J connectivity index is 2.68. The molecule has 0 heterocycles. The second-order valence-corrected chi connectivity index (χ2v) is 3.71. The summed E-state index contributed by atoms with van der Waals surface area (Å²) < 4.78 is 18.4. The first kappa shape index (κ1) is 10.4. The van der Waals surface area contributed by atoms with E-state index >= 15 is 0 Å². The van der Waals surface area contributed by atoms with Crippen molar-refractivity contribution >= 4 is 33.1 Å². The molecule has 1 aromatic rings. The highest BCUT2D eigenvalue weighted by molar-refractivity contribution is 9.10. The first-order valence-electron chi connectivity index (χ1n) is 3.46. The molecule has 0 amide bonds. The third-order valence-electron chi connectivity index (χ3n) is 1.27. The number of thiocarbonyl (C=S) groups is 1. The number of benzene rings is 1. The molecule has 2 nitrogen and oxygen atoms in total. The van der Waals surface area contributed by atoms with E-state index < -0.39 is 0 Å². The molecule has 1 rings (SSSR count). The summed E-state index contributed by atoms with van der Waals surface area (Å²) in [5.74, 6) is 0.0361. The molecule has 0 spiro atoms. The van der Waals surface area contributed by atoms with E-state index in [1.807, 2.05) is 0 Å². The molecular weight excluding hydrogens is 257 g/mol. The second-order valence-electron chi connectivity index (χ2n) is 2.33. The molecule has 0 fully saturated rings. The summed E-state index contributed by atoms with van der Waals surface area (Å²) in [6.45, 7) is 0.121. The molecule has 0 saturated carbocycles. The zero-order chi connectivity index (χ0) is 9.84. The van der Waals surface area contributed by atoms with E-state index in [0.717, 1.165) is 0 Å². The summed E-state index contributed by atoms with van der Waals surface area (Å²) in [4.78, 5) is 0.239. The molecule has 5 heteroatoms. The smallest absolute Gasteiger partial charge is 0.141 e.